The van der Waals surface area contributed by atoms with Crippen LogP contribution in [0.25, 0.3) is 0 Å². The van der Waals surface area contributed by atoms with Gasteiger partial charge in [-0.2, -0.15) is 0 Å². The van der Waals surface area contributed by atoms with Crippen LogP contribution in [-0.2, 0) is 20.7 Å². The molecule has 1 unspecified atom stereocenters. The zero-order valence-electron chi connectivity index (χ0n) is 11.6. The van der Waals surface area contributed by atoms with E-state index in [0.717, 1.165) is 5.56 Å². The lowest BCUT2D eigenvalue weighted by Crippen LogP contribution is -2.43. The maximum Gasteiger partial charge on any atom is 0.328 e. The Kier molecular flexibility index (Phi) is 7.73. The number of carbonyl (C=O) groups excluding carboxylic acids is 2. The second-order valence-corrected chi connectivity index (χ2v) is 4.73. The molecular weight excluding hydrogens is 278 g/mol. The van der Waals surface area contributed by atoms with Crippen molar-refractivity contribution in [2.75, 3.05) is 12.5 Å². The van der Waals surface area contributed by atoms with E-state index in [9.17, 15) is 9.59 Å². The number of nitrogens with one attached hydrogen (secondary N) is 1. The first-order chi connectivity index (χ1) is 9.67. The van der Waals surface area contributed by atoms with Gasteiger partial charge in [0.05, 0.1) is 6.61 Å². The Balaban J connectivity index is 2.65. The molecule has 0 radical (unpaired) electrons. The molecule has 20 heavy (non-hydrogen) atoms. The van der Waals surface area contributed by atoms with Crippen LogP contribution in [0, 0.1) is 0 Å². The number of hydrogen-bond acceptors (Lipinski definition) is 3. The molecule has 0 saturated heterocycles. The number of amides is 1. The average molecular weight is 298 g/mol. The van der Waals surface area contributed by atoms with Gasteiger partial charge in [0, 0.05) is 18.7 Å². The highest BCUT2D eigenvalue weighted by atomic mass is 35.5. The van der Waals surface area contributed by atoms with Gasteiger partial charge in [0.1, 0.15) is 6.04 Å². The average Bonchev–Trinajstić information content (AvgIpc) is 2.46. The number of carbonyl (C=O) groups is 2. The highest BCUT2D eigenvalue weighted by molar-refractivity contribution is 6.17. The van der Waals surface area contributed by atoms with Crippen LogP contribution in [0.1, 0.15) is 25.3 Å². The first kappa shape index (κ1) is 16.5. The van der Waals surface area contributed by atoms with Gasteiger partial charge in [-0.25, -0.2) is 4.79 Å². The van der Waals surface area contributed by atoms with Gasteiger partial charge in [0.2, 0.25) is 5.91 Å². The van der Waals surface area contributed by atoms with Gasteiger partial charge in [-0.1, -0.05) is 30.3 Å². The summed E-state index contributed by atoms with van der Waals surface area (Å²) < 4.78 is 5.00. The van der Waals surface area contributed by atoms with E-state index < -0.39 is 12.0 Å². The summed E-state index contributed by atoms with van der Waals surface area (Å²) in [5.74, 6) is -0.161. The Hall–Kier alpha value is -1.55. The minimum absolute atomic E-state index is 0.181. The van der Waals surface area contributed by atoms with E-state index in [1.807, 2.05) is 30.3 Å². The molecule has 0 aliphatic carbocycles. The van der Waals surface area contributed by atoms with Gasteiger partial charge in [-0.15, -0.1) is 11.6 Å². The molecule has 1 rings (SSSR count). The third-order valence-corrected chi connectivity index (χ3v) is 2.99. The van der Waals surface area contributed by atoms with Gasteiger partial charge >= 0.3 is 5.97 Å². The number of halogens is 1. The smallest absolute Gasteiger partial charge is 0.328 e. The van der Waals surface area contributed by atoms with Gasteiger partial charge < -0.3 is 10.1 Å². The molecule has 0 fully saturated rings. The number of benzene rings is 1. The fourth-order valence-corrected chi connectivity index (χ4v) is 1.91. The Morgan fingerprint density at radius 2 is 2.00 bits per heavy atom. The van der Waals surface area contributed by atoms with Crippen LogP contribution >= 0.6 is 11.6 Å². The number of rotatable bonds is 8. The summed E-state index contributed by atoms with van der Waals surface area (Å²) in [4.78, 5) is 23.6. The predicted octanol–water partition coefficient (Wildman–Crippen LogP) is 2.30. The quantitative estimate of drug-likeness (QED) is 0.592. The monoisotopic (exact) mass is 297 g/mol. The third-order valence-electron chi connectivity index (χ3n) is 2.73. The van der Waals surface area contributed by atoms with Crippen LogP contribution in [0.4, 0.5) is 0 Å². The molecular formula is C15H20ClNO3. The van der Waals surface area contributed by atoms with Crippen LogP contribution in [-0.4, -0.2) is 30.4 Å². The second-order valence-electron chi connectivity index (χ2n) is 4.35. The van der Waals surface area contributed by atoms with Crippen molar-refractivity contribution in [1.82, 2.24) is 5.32 Å². The molecule has 1 atom stereocenters. The molecule has 0 aromatic heterocycles. The Morgan fingerprint density at radius 3 is 2.60 bits per heavy atom. The van der Waals surface area contributed by atoms with E-state index in [4.69, 9.17) is 16.3 Å². The standard InChI is InChI=1S/C15H20ClNO3/c1-2-20-15(19)13(17-14(18)9-6-10-16)11-12-7-4-3-5-8-12/h3-5,7-8,13H,2,6,9-11H2,1H3,(H,17,18). The van der Waals surface area contributed by atoms with Gasteiger partial charge in [0.25, 0.3) is 0 Å². The molecule has 1 aromatic rings. The molecule has 0 saturated carbocycles. The molecule has 5 heteroatoms. The van der Waals surface area contributed by atoms with Crippen molar-refractivity contribution < 1.29 is 14.3 Å². The van der Waals surface area contributed by atoms with E-state index >= 15 is 0 Å². The minimum Gasteiger partial charge on any atom is -0.464 e. The summed E-state index contributed by atoms with van der Waals surface area (Å²) in [5, 5.41) is 2.71. The summed E-state index contributed by atoms with van der Waals surface area (Å²) in [5.41, 5.74) is 0.975. The number of hydrogen-bond donors (Lipinski definition) is 1. The predicted molar refractivity (Wildman–Crippen MR) is 78.7 cm³/mol. The molecule has 4 nitrogen and oxygen atoms in total. The molecule has 0 bridgehead atoms. The number of alkyl halides is 1. The molecule has 1 aromatic carbocycles. The SMILES string of the molecule is CCOC(=O)C(Cc1ccccc1)NC(=O)CCCCl. The largest absolute Gasteiger partial charge is 0.464 e. The third kappa shape index (κ3) is 6.06. The summed E-state index contributed by atoms with van der Waals surface area (Å²) in [7, 11) is 0. The number of esters is 1. The van der Waals surface area contributed by atoms with Crippen LogP contribution < -0.4 is 5.32 Å². The van der Waals surface area contributed by atoms with E-state index in [0.29, 0.717) is 31.7 Å². The van der Waals surface area contributed by atoms with Crippen molar-refractivity contribution in [1.29, 1.82) is 0 Å². The van der Waals surface area contributed by atoms with Gasteiger partial charge in [-0.05, 0) is 18.9 Å². The lowest BCUT2D eigenvalue weighted by molar-refractivity contribution is -0.147. The first-order valence-corrected chi connectivity index (χ1v) is 7.26. The molecule has 0 aliphatic rings. The van der Waals surface area contributed by atoms with Crippen molar-refractivity contribution in [3.05, 3.63) is 35.9 Å². The van der Waals surface area contributed by atoms with Crippen LogP contribution in [0.2, 0.25) is 0 Å². The lowest BCUT2D eigenvalue weighted by atomic mass is 10.1. The zero-order chi connectivity index (χ0) is 14.8. The van der Waals surface area contributed by atoms with Crippen LogP contribution in [0.15, 0.2) is 30.3 Å². The fourth-order valence-electron chi connectivity index (χ4n) is 1.78. The van der Waals surface area contributed by atoms with Crippen LogP contribution in [0.3, 0.4) is 0 Å². The normalized spacial score (nSPS) is 11.7. The Bertz CT molecular complexity index is 422. The Labute approximate surface area is 124 Å². The van der Waals surface area contributed by atoms with Crippen molar-refractivity contribution in [3.8, 4) is 0 Å². The molecule has 0 aliphatic heterocycles. The summed E-state index contributed by atoms with van der Waals surface area (Å²) in [6.45, 7) is 2.04. The van der Waals surface area contributed by atoms with Crippen molar-refractivity contribution >= 4 is 23.5 Å². The van der Waals surface area contributed by atoms with Crippen molar-refractivity contribution in [3.63, 3.8) is 0 Å². The van der Waals surface area contributed by atoms with E-state index in [2.05, 4.69) is 5.32 Å². The molecule has 0 spiro atoms. The summed E-state index contributed by atoms with van der Waals surface area (Å²) in [6.07, 6.45) is 1.33. The highest BCUT2D eigenvalue weighted by Gasteiger charge is 2.22. The molecule has 1 amide bonds. The number of ether oxygens (including phenoxy) is 1. The maximum atomic E-state index is 11.9. The maximum absolute atomic E-state index is 11.9. The van der Waals surface area contributed by atoms with Crippen molar-refractivity contribution in [2.24, 2.45) is 0 Å². The zero-order valence-corrected chi connectivity index (χ0v) is 12.4. The Morgan fingerprint density at radius 1 is 1.30 bits per heavy atom. The van der Waals surface area contributed by atoms with Gasteiger partial charge in [0.15, 0.2) is 0 Å². The topological polar surface area (TPSA) is 55.4 Å². The molecule has 1 N–H and O–H groups in total. The summed E-state index contributed by atoms with van der Waals surface area (Å²) in [6, 6.07) is 8.87. The van der Waals surface area contributed by atoms with E-state index in [1.54, 1.807) is 6.92 Å². The van der Waals surface area contributed by atoms with E-state index in [1.165, 1.54) is 0 Å². The van der Waals surface area contributed by atoms with E-state index in [-0.39, 0.29) is 5.91 Å². The highest BCUT2D eigenvalue weighted by Crippen LogP contribution is 2.05. The molecule has 0 heterocycles. The molecule has 110 valence electrons. The van der Waals surface area contributed by atoms with Gasteiger partial charge in [-0.3, -0.25) is 4.79 Å². The summed E-state index contributed by atoms with van der Waals surface area (Å²) >= 11 is 5.55. The minimum atomic E-state index is -0.653. The lowest BCUT2D eigenvalue weighted by Gasteiger charge is -2.17. The fraction of sp³-hybridized carbons (Fsp3) is 0.467. The van der Waals surface area contributed by atoms with Crippen LogP contribution in [0.5, 0.6) is 0 Å². The second kappa shape index (κ2) is 9.37. The van der Waals surface area contributed by atoms with Crippen molar-refractivity contribution in [2.45, 2.75) is 32.2 Å². The first-order valence-electron chi connectivity index (χ1n) is 6.73.